The molecule has 1 amide bonds. The van der Waals surface area contributed by atoms with Gasteiger partial charge in [0.05, 0.1) is 11.9 Å². The van der Waals surface area contributed by atoms with E-state index in [0.29, 0.717) is 22.3 Å². The fraction of sp³-hybridized carbons (Fsp3) is 0.278. The normalized spacial score (nSPS) is 14.2. The predicted molar refractivity (Wildman–Crippen MR) is 105 cm³/mol. The largest absolute Gasteiger partial charge is 0.486 e. The number of rotatable bonds is 4. The van der Waals surface area contributed by atoms with Crippen molar-refractivity contribution < 1.29 is 14.6 Å². The highest BCUT2D eigenvalue weighted by Gasteiger charge is 2.30. The Morgan fingerprint density at radius 3 is 3.00 bits per heavy atom. The van der Waals surface area contributed by atoms with Crippen LogP contribution in [0.25, 0.3) is 11.5 Å². The standard InChI is InChI=1S/C18H18N6O3S/c1-18(2)8-10-7-12(20-9-13(10)27-18)14-22-16(28-23-14)21-11-5-4-6-19-15(11)24(3)17(25)26/h4-7,9H,8H2,1-3H3,(H,25,26)(H,21,22,23). The van der Waals surface area contributed by atoms with E-state index in [-0.39, 0.29) is 11.4 Å². The summed E-state index contributed by atoms with van der Waals surface area (Å²) >= 11 is 1.16. The zero-order chi connectivity index (χ0) is 19.9. The van der Waals surface area contributed by atoms with Gasteiger partial charge in [-0.15, -0.1) is 0 Å². The first-order valence-corrected chi connectivity index (χ1v) is 9.30. The molecule has 9 nitrogen and oxygen atoms in total. The van der Waals surface area contributed by atoms with E-state index in [0.717, 1.165) is 34.2 Å². The van der Waals surface area contributed by atoms with Crippen molar-refractivity contribution in [2.24, 2.45) is 0 Å². The summed E-state index contributed by atoms with van der Waals surface area (Å²) in [6.45, 7) is 4.07. The second-order valence-corrected chi connectivity index (χ2v) is 7.73. The maximum Gasteiger partial charge on any atom is 0.412 e. The van der Waals surface area contributed by atoms with Gasteiger partial charge in [-0.05, 0) is 32.0 Å². The zero-order valence-electron chi connectivity index (χ0n) is 15.5. The van der Waals surface area contributed by atoms with Gasteiger partial charge in [-0.2, -0.15) is 9.36 Å². The Morgan fingerprint density at radius 2 is 2.21 bits per heavy atom. The highest BCUT2D eigenvalue weighted by molar-refractivity contribution is 7.10. The summed E-state index contributed by atoms with van der Waals surface area (Å²) in [6, 6.07) is 5.40. The highest BCUT2D eigenvalue weighted by atomic mass is 32.1. The van der Waals surface area contributed by atoms with Crippen LogP contribution in [0.1, 0.15) is 19.4 Å². The first-order chi connectivity index (χ1) is 13.3. The topological polar surface area (TPSA) is 113 Å². The van der Waals surface area contributed by atoms with Gasteiger partial charge in [0.2, 0.25) is 5.13 Å². The molecule has 3 aromatic heterocycles. The molecule has 28 heavy (non-hydrogen) atoms. The molecule has 144 valence electrons. The van der Waals surface area contributed by atoms with Crippen molar-refractivity contribution in [1.29, 1.82) is 0 Å². The molecule has 2 N–H and O–H groups in total. The van der Waals surface area contributed by atoms with E-state index in [1.165, 1.54) is 13.2 Å². The van der Waals surface area contributed by atoms with Crippen LogP contribution in [-0.4, -0.2) is 43.2 Å². The predicted octanol–water partition coefficient (Wildman–Crippen LogP) is 3.57. The molecule has 0 aliphatic carbocycles. The Balaban J connectivity index is 1.58. The number of carboxylic acid groups (broad SMARTS) is 1. The number of amides is 1. The van der Waals surface area contributed by atoms with E-state index in [4.69, 9.17) is 4.74 Å². The second kappa shape index (κ2) is 6.71. The van der Waals surface area contributed by atoms with Gasteiger partial charge in [-0.25, -0.2) is 14.8 Å². The number of carbonyl (C=O) groups is 1. The number of nitrogens with one attached hydrogen (secondary N) is 1. The van der Waals surface area contributed by atoms with Gasteiger partial charge in [-0.3, -0.25) is 4.90 Å². The molecule has 0 saturated heterocycles. The number of pyridine rings is 2. The van der Waals surface area contributed by atoms with Crippen molar-refractivity contribution in [2.75, 3.05) is 17.3 Å². The number of anilines is 3. The van der Waals surface area contributed by atoms with Gasteiger partial charge in [-0.1, -0.05) is 0 Å². The number of ether oxygens (including phenoxy) is 1. The van der Waals surface area contributed by atoms with Crippen molar-refractivity contribution in [3.63, 3.8) is 0 Å². The molecule has 0 radical (unpaired) electrons. The molecule has 1 aliphatic rings. The molecular weight excluding hydrogens is 380 g/mol. The van der Waals surface area contributed by atoms with Crippen LogP contribution >= 0.6 is 11.5 Å². The summed E-state index contributed by atoms with van der Waals surface area (Å²) in [7, 11) is 1.43. The van der Waals surface area contributed by atoms with Crippen LogP contribution in [0.15, 0.2) is 30.6 Å². The SMILES string of the molecule is CN(C(=O)O)c1ncccc1Nc1nc(-c2cc3c(cn2)OC(C)(C)C3)ns1. The van der Waals surface area contributed by atoms with Gasteiger partial charge in [0, 0.05) is 36.8 Å². The Morgan fingerprint density at radius 1 is 1.39 bits per heavy atom. The van der Waals surface area contributed by atoms with E-state index in [9.17, 15) is 9.90 Å². The minimum Gasteiger partial charge on any atom is -0.486 e. The lowest BCUT2D eigenvalue weighted by molar-refractivity contribution is 0.138. The van der Waals surface area contributed by atoms with Gasteiger partial charge in [0.1, 0.15) is 17.0 Å². The number of nitrogens with zero attached hydrogens (tertiary/aromatic N) is 5. The van der Waals surface area contributed by atoms with Crippen LogP contribution < -0.4 is 15.0 Å². The lowest BCUT2D eigenvalue weighted by Gasteiger charge is -2.16. The Labute approximate surface area is 165 Å². The van der Waals surface area contributed by atoms with E-state index in [1.807, 2.05) is 19.9 Å². The third kappa shape index (κ3) is 3.46. The van der Waals surface area contributed by atoms with E-state index in [1.54, 1.807) is 18.3 Å². The lowest BCUT2D eigenvalue weighted by atomic mass is 10.0. The maximum atomic E-state index is 11.2. The average molecular weight is 398 g/mol. The van der Waals surface area contributed by atoms with Crippen molar-refractivity contribution in [3.05, 3.63) is 36.2 Å². The molecule has 0 spiro atoms. The first kappa shape index (κ1) is 18.1. The average Bonchev–Trinajstić information content (AvgIpc) is 3.23. The molecule has 0 aromatic carbocycles. The third-order valence-corrected chi connectivity index (χ3v) is 4.87. The number of fused-ring (bicyclic) bond motifs is 1. The van der Waals surface area contributed by atoms with Crippen LogP contribution in [0.2, 0.25) is 0 Å². The van der Waals surface area contributed by atoms with Crippen LogP contribution in [0, 0.1) is 0 Å². The monoisotopic (exact) mass is 398 g/mol. The Hall–Kier alpha value is -3.27. The lowest BCUT2D eigenvalue weighted by Crippen LogP contribution is -2.25. The smallest absolute Gasteiger partial charge is 0.412 e. The minimum atomic E-state index is -1.10. The number of hydrogen-bond acceptors (Lipinski definition) is 8. The summed E-state index contributed by atoms with van der Waals surface area (Å²) in [5, 5.41) is 12.8. The van der Waals surface area contributed by atoms with E-state index < -0.39 is 6.09 Å². The van der Waals surface area contributed by atoms with Gasteiger partial charge < -0.3 is 15.2 Å². The van der Waals surface area contributed by atoms with E-state index in [2.05, 4.69) is 24.6 Å². The number of hydrogen-bond donors (Lipinski definition) is 2. The molecule has 0 atom stereocenters. The van der Waals surface area contributed by atoms with E-state index >= 15 is 0 Å². The molecular formula is C18H18N6O3S. The fourth-order valence-electron chi connectivity index (χ4n) is 2.98. The van der Waals surface area contributed by atoms with Crippen LogP contribution in [0.5, 0.6) is 5.75 Å². The fourth-order valence-corrected chi connectivity index (χ4v) is 3.57. The molecule has 4 rings (SSSR count). The van der Waals surface area contributed by atoms with Crippen molar-refractivity contribution in [3.8, 4) is 17.3 Å². The quantitative estimate of drug-likeness (QED) is 0.686. The second-order valence-electron chi connectivity index (χ2n) is 6.98. The molecule has 10 heteroatoms. The third-order valence-electron chi connectivity index (χ3n) is 4.24. The molecule has 0 fully saturated rings. The summed E-state index contributed by atoms with van der Waals surface area (Å²) in [6.07, 6.45) is 2.93. The molecule has 0 bridgehead atoms. The highest BCUT2D eigenvalue weighted by Crippen LogP contribution is 2.36. The Kier molecular flexibility index (Phi) is 4.34. The first-order valence-electron chi connectivity index (χ1n) is 8.53. The van der Waals surface area contributed by atoms with Crippen LogP contribution in [0.4, 0.5) is 21.4 Å². The summed E-state index contributed by atoms with van der Waals surface area (Å²) < 4.78 is 10.2. The minimum absolute atomic E-state index is 0.238. The maximum absolute atomic E-state index is 11.2. The number of aromatic nitrogens is 4. The van der Waals surface area contributed by atoms with Crippen molar-refractivity contribution >= 4 is 34.3 Å². The summed E-state index contributed by atoms with van der Waals surface area (Å²) in [5.41, 5.74) is 2.03. The molecule has 3 aromatic rings. The van der Waals surface area contributed by atoms with Crippen LogP contribution in [-0.2, 0) is 6.42 Å². The van der Waals surface area contributed by atoms with Crippen molar-refractivity contribution in [1.82, 2.24) is 19.3 Å². The summed E-state index contributed by atoms with van der Waals surface area (Å²) in [5.74, 6) is 1.57. The summed E-state index contributed by atoms with van der Waals surface area (Å²) in [4.78, 5) is 25.3. The van der Waals surface area contributed by atoms with Gasteiger partial charge in [0.15, 0.2) is 11.6 Å². The zero-order valence-corrected chi connectivity index (χ0v) is 16.3. The molecule has 1 aliphatic heterocycles. The van der Waals surface area contributed by atoms with Crippen LogP contribution in [0.3, 0.4) is 0 Å². The van der Waals surface area contributed by atoms with Crippen molar-refractivity contribution in [2.45, 2.75) is 25.9 Å². The van der Waals surface area contributed by atoms with Gasteiger partial charge in [0.25, 0.3) is 0 Å². The Bertz CT molecular complexity index is 1050. The molecule has 0 saturated carbocycles. The molecule has 0 unspecified atom stereocenters. The van der Waals surface area contributed by atoms with Gasteiger partial charge >= 0.3 is 6.09 Å². The molecule has 4 heterocycles.